The molecule has 2 heterocycles. The average molecular weight is 181 g/mol. The molecule has 0 spiro atoms. The SMILES string of the molecule is O=C1OC=CNC1C1CC[N]CC1. The van der Waals surface area contributed by atoms with Gasteiger partial charge in [-0.05, 0) is 18.8 Å². The molecule has 4 heteroatoms. The number of cyclic esters (lactones) is 1. The van der Waals surface area contributed by atoms with Gasteiger partial charge in [-0.2, -0.15) is 0 Å². The number of carbonyl (C=O) groups excluding carboxylic acids is 1. The van der Waals surface area contributed by atoms with E-state index in [1.54, 1.807) is 6.20 Å². The van der Waals surface area contributed by atoms with Gasteiger partial charge >= 0.3 is 5.97 Å². The second kappa shape index (κ2) is 3.79. The number of nitrogens with one attached hydrogen (secondary N) is 1. The Bertz CT molecular complexity index is 222. The maximum Gasteiger partial charge on any atom is 0.333 e. The molecule has 2 aliphatic heterocycles. The van der Waals surface area contributed by atoms with Crippen molar-refractivity contribution in [3.8, 4) is 0 Å². The Morgan fingerprint density at radius 2 is 2.23 bits per heavy atom. The van der Waals surface area contributed by atoms with Crippen LogP contribution in [0.25, 0.3) is 0 Å². The van der Waals surface area contributed by atoms with Crippen LogP contribution in [0.3, 0.4) is 0 Å². The zero-order valence-electron chi connectivity index (χ0n) is 7.40. The molecule has 13 heavy (non-hydrogen) atoms. The lowest BCUT2D eigenvalue weighted by Gasteiger charge is -2.29. The number of piperidine rings is 1. The average Bonchev–Trinajstić information content (AvgIpc) is 2.20. The van der Waals surface area contributed by atoms with Crippen molar-refractivity contribution in [2.75, 3.05) is 13.1 Å². The topological polar surface area (TPSA) is 52.4 Å². The molecule has 2 rings (SSSR count). The summed E-state index contributed by atoms with van der Waals surface area (Å²) in [6.45, 7) is 1.75. The summed E-state index contributed by atoms with van der Waals surface area (Å²) < 4.78 is 4.83. The first-order chi connectivity index (χ1) is 6.38. The first-order valence-electron chi connectivity index (χ1n) is 4.63. The molecular formula is C9H13N2O2. The third-order valence-electron chi connectivity index (χ3n) is 2.57. The number of hydrogen-bond acceptors (Lipinski definition) is 3. The van der Waals surface area contributed by atoms with Gasteiger partial charge in [-0.15, -0.1) is 0 Å². The van der Waals surface area contributed by atoms with Gasteiger partial charge in [-0.3, -0.25) is 0 Å². The Hall–Kier alpha value is -1.03. The Labute approximate surface area is 77.3 Å². The summed E-state index contributed by atoms with van der Waals surface area (Å²) in [7, 11) is 0. The van der Waals surface area contributed by atoms with Crippen LogP contribution in [-0.2, 0) is 9.53 Å². The van der Waals surface area contributed by atoms with Crippen LogP contribution >= 0.6 is 0 Å². The fraction of sp³-hybridized carbons (Fsp3) is 0.667. The number of rotatable bonds is 1. The highest BCUT2D eigenvalue weighted by molar-refractivity contribution is 5.77. The van der Waals surface area contributed by atoms with Gasteiger partial charge in [0.05, 0.1) is 0 Å². The highest BCUT2D eigenvalue weighted by atomic mass is 16.5. The second-order valence-corrected chi connectivity index (χ2v) is 3.39. The van der Waals surface area contributed by atoms with E-state index in [1.165, 1.54) is 6.26 Å². The summed E-state index contributed by atoms with van der Waals surface area (Å²) in [5.41, 5.74) is 0. The minimum absolute atomic E-state index is 0.152. The Kier molecular flexibility index (Phi) is 2.49. The standard InChI is InChI=1S/C9H13N2O2/c12-9-8(11-5-6-13-9)7-1-3-10-4-2-7/h5-8,11H,1-4H2. The lowest BCUT2D eigenvalue weighted by Crippen LogP contribution is -2.45. The molecule has 1 radical (unpaired) electrons. The second-order valence-electron chi connectivity index (χ2n) is 3.39. The summed E-state index contributed by atoms with van der Waals surface area (Å²) in [6.07, 6.45) is 5.06. The fourth-order valence-corrected chi connectivity index (χ4v) is 1.82. The minimum Gasteiger partial charge on any atom is -0.431 e. The van der Waals surface area contributed by atoms with Crippen molar-refractivity contribution in [2.24, 2.45) is 5.92 Å². The Balaban J connectivity index is 1.97. The number of ether oxygens (including phenoxy) is 1. The number of hydrogen-bond donors (Lipinski definition) is 1. The highest BCUT2D eigenvalue weighted by Gasteiger charge is 2.31. The highest BCUT2D eigenvalue weighted by Crippen LogP contribution is 2.19. The van der Waals surface area contributed by atoms with Gasteiger partial charge in [0.2, 0.25) is 0 Å². The van der Waals surface area contributed by atoms with Crippen LogP contribution in [0.5, 0.6) is 0 Å². The van der Waals surface area contributed by atoms with Crippen LogP contribution in [-0.4, -0.2) is 25.1 Å². The van der Waals surface area contributed by atoms with Gasteiger partial charge in [0.15, 0.2) is 0 Å². The molecule has 1 unspecified atom stereocenters. The lowest BCUT2D eigenvalue weighted by atomic mass is 9.90. The molecule has 0 saturated carbocycles. The van der Waals surface area contributed by atoms with Crippen molar-refractivity contribution < 1.29 is 9.53 Å². The molecule has 0 aromatic rings. The normalized spacial score (nSPS) is 29.5. The molecule has 0 aliphatic carbocycles. The summed E-state index contributed by atoms with van der Waals surface area (Å²) in [6, 6.07) is -0.152. The molecule has 1 fully saturated rings. The van der Waals surface area contributed by atoms with Crippen LogP contribution in [0.1, 0.15) is 12.8 Å². The molecule has 1 atom stereocenters. The number of esters is 1. The van der Waals surface area contributed by atoms with E-state index in [-0.39, 0.29) is 12.0 Å². The third kappa shape index (κ3) is 1.83. The smallest absolute Gasteiger partial charge is 0.333 e. The Morgan fingerprint density at radius 3 is 2.92 bits per heavy atom. The van der Waals surface area contributed by atoms with Crippen molar-refractivity contribution >= 4 is 5.97 Å². The molecule has 4 nitrogen and oxygen atoms in total. The molecule has 0 aromatic carbocycles. The van der Waals surface area contributed by atoms with Crippen LogP contribution in [0.4, 0.5) is 0 Å². The minimum atomic E-state index is -0.158. The van der Waals surface area contributed by atoms with Crippen LogP contribution < -0.4 is 10.6 Å². The number of carbonyl (C=O) groups is 1. The molecule has 0 amide bonds. The zero-order chi connectivity index (χ0) is 9.10. The molecule has 1 saturated heterocycles. The summed E-state index contributed by atoms with van der Waals surface area (Å²) in [4.78, 5) is 11.3. The van der Waals surface area contributed by atoms with Crippen molar-refractivity contribution in [3.05, 3.63) is 12.5 Å². The first-order valence-corrected chi connectivity index (χ1v) is 4.63. The molecule has 0 aromatic heterocycles. The van der Waals surface area contributed by atoms with E-state index in [0.717, 1.165) is 25.9 Å². The van der Waals surface area contributed by atoms with Gasteiger partial charge in [0.25, 0.3) is 0 Å². The van der Waals surface area contributed by atoms with E-state index >= 15 is 0 Å². The van der Waals surface area contributed by atoms with E-state index < -0.39 is 0 Å². The van der Waals surface area contributed by atoms with E-state index in [9.17, 15) is 4.79 Å². The van der Waals surface area contributed by atoms with Gasteiger partial charge in [-0.25, -0.2) is 10.1 Å². The third-order valence-corrected chi connectivity index (χ3v) is 2.57. The van der Waals surface area contributed by atoms with E-state index in [2.05, 4.69) is 10.6 Å². The van der Waals surface area contributed by atoms with Crippen molar-refractivity contribution in [3.63, 3.8) is 0 Å². The van der Waals surface area contributed by atoms with Crippen molar-refractivity contribution in [2.45, 2.75) is 18.9 Å². The van der Waals surface area contributed by atoms with Crippen molar-refractivity contribution in [1.29, 1.82) is 0 Å². The van der Waals surface area contributed by atoms with E-state index in [1.807, 2.05) is 0 Å². The molecule has 2 aliphatic rings. The molecular weight excluding hydrogens is 168 g/mol. The molecule has 71 valence electrons. The van der Waals surface area contributed by atoms with Gasteiger partial charge in [-0.1, -0.05) is 0 Å². The van der Waals surface area contributed by atoms with Crippen LogP contribution in [0.2, 0.25) is 0 Å². The molecule has 0 bridgehead atoms. The monoisotopic (exact) mass is 181 g/mol. The summed E-state index contributed by atoms with van der Waals surface area (Å²) in [5, 5.41) is 7.29. The maximum absolute atomic E-state index is 11.3. The Morgan fingerprint density at radius 1 is 1.46 bits per heavy atom. The molecule has 1 N–H and O–H groups in total. The van der Waals surface area contributed by atoms with Gasteiger partial charge in [0, 0.05) is 19.3 Å². The summed E-state index contributed by atoms with van der Waals surface area (Å²) >= 11 is 0. The first kappa shape index (κ1) is 8.56. The fourth-order valence-electron chi connectivity index (χ4n) is 1.82. The predicted molar refractivity (Wildman–Crippen MR) is 46.7 cm³/mol. The lowest BCUT2D eigenvalue weighted by molar-refractivity contribution is -0.143. The number of nitrogens with zero attached hydrogens (tertiary/aromatic N) is 1. The van der Waals surface area contributed by atoms with Gasteiger partial charge < -0.3 is 10.1 Å². The zero-order valence-corrected chi connectivity index (χ0v) is 7.40. The van der Waals surface area contributed by atoms with Crippen LogP contribution in [0, 0.1) is 5.92 Å². The maximum atomic E-state index is 11.3. The summed E-state index contributed by atoms with van der Waals surface area (Å²) in [5.74, 6) is 0.226. The largest absolute Gasteiger partial charge is 0.431 e. The quantitative estimate of drug-likeness (QED) is 0.579. The van der Waals surface area contributed by atoms with Crippen LogP contribution in [0.15, 0.2) is 12.5 Å². The van der Waals surface area contributed by atoms with E-state index in [0.29, 0.717) is 5.92 Å². The predicted octanol–water partition coefficient (Wildman–Crippen LogP) is -0.0130. The van der Waals surface area contributed by atoms with E-state index in [4.69, 9.17) is 4.74 Å². The van der Waals surface area contributed by atoms with Gasteiger partial charge in [0.1, 0.15) is 12.3 Å². The van der Waals surface area contributed by atoms with Crippen molar-refractivity contribution in [1.82, 2.24) is 10.6 Å².